The number of hydrogen-bond donors (Lipinski definition) is 1. The second-order valence-corrected chi connectivity index (χ2v) is 5.30. The highest BCUT2D eigenvalue weighted by Crippen LogP contribution is 2.26. The Labute approximate surface area is 132 Å². The topological polar surface area (TPSA) is 68.0 Å². The largest absolute Gasteiger partial charge is 0.436 e. The first kappa shape index (κ1) is 13.5. The number of carbonyl (C=O) groups is 1. The molecule has 0 atom stereocenters. The molecule has 2 aromatic heterocycles. The normalized spacial score (nSPS) is 11.0. The number of anilines is 1. The molecule has 0 radical (unpaired) electrons. The number of fused-ring (bicyclic) bond motifs is 2. The van der Waals surface area contributed by atoms with E-state index in [0.29, 0.717) is 5.89 Å². The minimum atomic E-state index is -0.104. The summed E-state index contributed by atoms with van der Waals surface area (Å²) in [5.74, 6) is 0.444. The number of pyridine rings is 1. The predicted molar refractivity (Wildman–Crippen MR) is 89.0 cm³/mol. The molecule has 0 aliphatic heterocycles. The van der Waals surface area contributed by atoms with Crippen molar-refractivity contribution in [2.75, 3.05) is 5.32 Å². The Morgan fingerprint density at radius 2 is 1.96 bits per heavy atom. The van der Waals surface area contributed by atoms with Gasteiger partial charge in [0.25, 0.3) is 0 Å². The van der Waals surface area contributed by atoms with Gasteiger partial charge in [0.15, 0.2) is 5.58 Å². The van der Waals surface area contributed by atoms with Crippen LogP contribution in [0.2, 0.25) is 0 Å². The summed E-state index contributed by atoms with van der Waals surface area (Å²) < 4.78 is 5.77. The Bertz CT molecular complexity index is 1000. The highest BCUT2D eigenvalue weighted by atomic mass is 16.3. The minimum Gasteiger partial charge on any atom is -0.436 e. The van der Waals surface area contributed by atoms with Gasteiger partial charge in [0.05, 0.1) is 11.1 Å². The number of oxazole rings is 1. The van der Waals surface area contributed by atoms with E-state index in [1.807, 2.05) is 48.5 Å². The first-order valence-electron chi connectivity index (χ1n) is 7.22. The van der Waals surface area contributed by atoms with Crippen LogP contribution in [-0.4, -0.2) is 15.9 Å². The zero-order chi connectivity index (χ0) is 15.8. The fourth-order valence-corrected chi connectivity index (χ4v) is 2.52. The molecule has 0 saturated carbocycles. The maximum Gasteiger partial charge on any atom is 0.228 e. The van der Waals surface area contributed by atoms with Gasteiger partial charge in [-0.05, 0) is 30.3 Å². The van der Waals surface area contributed by atoms with E-state index in [-0.39, 0.29) is 5.91 Å². The number of para-hydroxylation sites is 2. The van der Waals surface area contributed by atoms with E-state index < -0.39 is 0 Å². The van der Waals surface area contributed by atoms with E-state index in [1.54, 1.807) is 6.20 Å². The van der Waals surface area contributed by atoms with Gasteiger partial charge in [-0.25, -0.2) is 4.98 Å². The summed E-state index contributed by atoms with van der Waals surface area (Å²) in [7, 11) is 0. The van der Waals surface area contributed by atoms with Crippen molar-refractivity contribution in [1.29, 1.82) is 0 Å². The van der Waals surface area contributed by atoms with Gasteiger partial charge in [-0.1, -0.05) is 18.2 Å². The average Bonchev–Trinajstić information content (AvgIpc) is 2.98. The van der Waals surface area contributed by atoms with E-state index in [9.17, 15) is 4.79 Å². The molecule has 112 valence electrons. The van der Waals surface area contributed by atoms with Crippen molar-refractivity contribution in [3.8, 4) is 11.5 Å². The number of carbonyl (C=O) groups excluding carboxylic acids is 1. The van der Waals surface area contributed by atoms with E-state index >= 15 is 0 Å². The first-order valence-corrected chi connectivity index (χ1v) is 7.22. The predicted octanol–water partition coefficient (Wildman–Crippen LogP) is 4.00. The van der Waals surface area contributed by atoms with Crippen molar-refractivity contribution >= 4 is 33.6 Å². The lowest BCUT2D eigenvalue weighted by Crippen LogP contribution is -2.05. The first-order chi connectivity index (χ1) is 11.2. The summed E-state index contributed by atoms with van der Waals surface area (Å²) in [5, 5.41) is 3.71. The number of hydrogen-bond acceptors (Lipinski definition) is 4. The summed E-state index contributed by atoms with van der Waals surface area (Å²) >= 11 is 0. The van der Waals surface area contributed by atoms with E-state index in [2.05, 4.69) is 15.3 Å². The second-order valence-electron chi connectivity index (χ2n) is 5.30. The van der Waals surface area contributed by atoms with Crippen LogP contribution in [0.5, 0.6) is 0 Å². The Morgan fingerprint density at radius 1 is 1.09 bits per heavy atom. The SMILES string of the molecule is CC(=O)Nc1ccc2cc(-c3nc4ccccc4o3)cnc2c1. The number of nitrogens with zero attached hydrogens (tertiary/aromatic N) is 2. The second kappa shape index (κ2) is 5.21. The molecule has 5 nitrogen and oxygen atoms in total. The molecule has 5 heteroatoms. The minimum absolute atomic E-state index is 0.104. The molecule has 0 bridgehead atoms. The number of benzene rings is 2. The molecular formula is C18H13N3O2. The van der Waals surface area contributed by atoms with Crippen LogP contribution in [0.15, 0.2) is 59.1 Å². The fourth-order valence-electron chi connectivity index (χ4n) is 2.52. The molecule has 1 N–H and O–H groups in total. The van der Waals surface area contributed by atoms with Gasteiger partial charge in [-0.2, -0.15) is 0 Å². The van der Waals surface area contributed by atoms with Crippen LogP contribution in [0.4, 0.5) is 5.69 Å². The van der Waals surface area contributed by atoms with E-state index in [4.69, 9.17) is 4.42 Å². The van der Waals surface area contributed by atoms with Crippen molar-refractivity contribution in [3.05, 3.63) is 54.7 Å². The van der Waals surface area contributed by atoms with Crippen LogP contribution in [0, 0.1) is 0 Å². The molecule has 0 saturated heterocycles. The zero-order valence-electron chi connectivity index (χ0n) is 12.4. The Hall–Kier alpha value is -3.21. The molecule has 4 rings (SSSR count). The van der Waals surface area contributed by atoms with E-state index in [0.717, 1.165) is 33.3 Å². The lowest BCUT2D eigenvalue weighted by atomic mass is 10.1. The standard InChI is InChI=1S/C18H13N3O2/c1-11(22)20-14-7-6-12-8-13(10-19-16(12)9-14)18-21-15-4-2-3-5-17(15)23-18/h2-10H,1H3,(H,20,22). The van der Waals surface area contributed by atoms with Crippen LogP contribution in [0.1, 0.15) is 6.92 Å². The third kappa shape index (κ3) is 2.53. The number of amides is 1. The lowest BCUT2D eigenvalue weighted by Gasteiger charge is -2.04. The van der Waals surface area contributed by atoms with Gasteiger partial charge < -0.3 is 9.73 Å². The lowest BCUT2D eigenvalue weighted by molar-refractivity contribution is -0.114. The molecule has 0 aliphatic carbocycles. The zero-order valence-corrected chi connectivity index (χ0v) is 12.4. The van der Waals surface area contributed by atoms with Crippen LogP contribution >= 0.6 is 0 Å². The average molecular weight is 303 g/mol. The third-order valence-corrected chi connectivity index (χ3v) is 3.55. The Morgan fingerprint density at radius 3 is 2.78 bits per heavy atom. The summed E-state index contributed by atoms with van der Waals surface area (Å²) in [6, 6.07) is 15.2. The molecule has 0 aliphatic rings. The molecule has 0 unspecified atom stereocenters. The van der Waals surface area contributed by atoms with Gasteiger partial charge in [0.2, 0.25) is 11.8 Å². The number of nitrogens with one attached hydrogen (secondary N) is 1. The monoisotopic (exact) mass is 303 g/mol. The molecule has 23 heavy (non-hydrogen) atoms. The summed E-state index contributed by atoms with van der Waals surface area (Å²) in [5.41, 5.74) is 3.93. The molecule has 2 aromatic carbocycles. The summed E-state index contributed by atoms with van der Waals surface area (Å²) in [6.45, 7) is 1.48. The van der Waals surface area contributed by atoms with Crippen molar-refractivity contribution in [3.63, 3.8) is 0 Å². The third-order valence-electron chi connectivity index (χ3n) is 3.55. The molecule has 0 fully saturated rings. The van der Waals surface area contributed by atoms with Crippen molar-refractivity contribution in [2.24, 2.45) is 0 Å². The Balaban J connectivity index is 1.77. The molecule has 1 amide bonds. The van der Waals surface area contributed by atoms with E-state index in [1.165, 1.54) is 6.92 Å². The molecule has 2 heterocycles. The highest BCUT2D eigenvalue weighted by Gasteiger charge is 2.09. The molecular weight excluding hydrogens is 290 g/mol. The number of aromatic nitrogens is 2. The van der Waals surface area contributed by atoms with Gasteiger partial charge in [-0.15, -0.1) is 0 Å². The quantitative estimate of drug-likeness (QED) is 0.607. The van der Waals surface area contributed by atoms with Crippen LogP contribution < -0.4 is 5.32 Å². The van der Waals surface area contributed by atoms with Crippen molar-refractivity contribution < 1.29 is 9.21 Å². The van der Waals surface area contributed by atoms with Gasteiger partial charge in [0, 0.05) is 24.2 Å². The van der Waals surface area contributed by atoms with Gasteiger partial charge in [0.1, 0.15) is 5.52 Å². The van der Waals surface area contributed by atoms with Crippen LogP contribution in [0.25, 0.3) is 33.5 Å². The maximum absolute atomic E-state index is 11.1. The fraction of sp³-hybridized carbons (Fsp3) is 0.0556. The molecule has 4 aromatic rings. The van der Waals surface area contributed by atoms with Crippen LogP contribution in [0.3, 0.4) is 0 Å². The summed E-state index contributed by atoms with van der Waals surface area (Å²) in [6.07, 6.45) is 1.73. The maximum atomic E-state index is 11.1. The van der Waals surface area contributed by atoms with Gasteiger partial charge >= 0.3 is 0 Å². The summed E-state index contributed by atoms with van der Waals surface area (Å²) in [4.78, 5) is 20.0. The Kier molecular flexibility index (Phi) is 3.05. The van der Waals surface area contributed by atoms with Crippen LogP contribution in [-0.2, 0) is 4.79 Å². The van der Waals surface area contributed by atoms with Crippen molar-refractivity contribution in [1.82, 2.24) is 9.97 Å². The molecule has 0 spiro atoms. The number of rotatable bonds is 2. The smallest absolute Gasteiger partial charge is 0.228 e. The van der Waals surface area contributed by atoms with Crippen molar-refractivity contribution in [2.45, 2.75) is 6.92 Å². The highest BCUT2D eigenvalue weighted by molar-refractivity contribution is 5.92. The van der Waals surface area contributed by atoms with Gasteiger partial charge in [-0.3, -0.25) is 9.78 Å².